The van der Waals surface area contributed by atoms with Crippen LogP contribution >= 0.6 is 15.9 Å². The number of aromatic nitrogens is 1. The second-order valence-corrected chi connectivity index (χ2v) is 3.79. The first-order valence-electron chi connectivity index (χ1n) is 3.96. The predicted molar refractivity (Wildman–Crippen MR) is 58.6 cm³/mol. The summed E-state index contributed by atoms with van der Waals surface area (Å²) in [6.07, 6.45) is 0. The van der Waals surface area contributed by atoms with Crippen LogP contribution in [0.2, 0.25) is 0 Å². The number of fused-ring (bicyclic) bond motifs is 1. The summed E-state index contributed by atoms with van der Waals surface area (Å²) in [4.78, 5) is 4.13. The summed E-state index contributed by atoms with van der Waals surface area (Å²) in [5.41, 5.74) is 7.45. The van der Waals surface area contributed by atoms with Gasteiger partial charge in [-0.1, -0.05) is 15.9 Å². The zero-order chi connectivity index (χ0) is 10.1. The summed E-state index contributed by atoms with van der Waals surface area (Å²) in [6, 6.07) is 9.14. The fourth-order valence-corrected chi connectivity index (χ4v) is 1.64. The molecule has 0 fully saturated rings. The fourth-order valence-electron chi connectivity index (χ4n) is 1.28. The van der Waals surface area contributed by atoms with Gasteiger partial charge in [-0.2, -0.15) is 5.26 Å². The molecular weight excluding hydrogens is 242 g/mol. The molecule has 68 valence electrons. The van der Waals surface area contributed by atoms with Crippen LogP contribution in [0.25, 0.3) is 10.9 Å². The van der Waals surface area contributed by atoms with Crippen LogP contribution in [0.1, 0.15) is 5.69 Å². The normalized spacial score (nSPS) is 10.0. The molecule has 2 aromatic rings. The van der Waals surface area contributed by atoms with Gasteiger partial charge in [0.25, 0.3) is 0 Å². The van der Waals surface area contributed by atoms with E-state index in [9.17, 15) is 0 Å². The number of nitrogen functional groups attached to an aromatic ring is 1. The first-order chi connectivity index (χ1) is 6.70. The molecule has 0 saturated carbocycles. The third-order valence-corrected chi connectivity index (χ3v) is 2.41. The minimum absolute atomic E-state index is 0.345. The highest BCUT2D eigenvalue weighted by Gasteiger charge is 2.02. The summed E-state index contributed by atoms with van der Waals surface area (Å²) in [5.74, 6) is 0. The highest BCUT2D eigenvalue weighted by Crippen LogP contribution is 2.23. The smallest absolute Gasteiger partial charge is 0.143 e. The maximum absolute atomic E-state index is 8.70. The van der Waals surface area contributed by atoms with Crippen molar-refractivity contribution in [3.8, 4) is 6.07 Å². The lowest BCUT2D eigenvalue weighted by Crippen LogP contribution is -1.92. The van der Waals surface area contributed by atoms with Gasteiger partial charge in [-0.3, -0.25) is 0 Å². The van der Waals surface area contributed by atoms with E-state index in [4.69, 9.17) is 11.0 Å². The Morgan fingerprint density at radius 3 is 2.86 bits per heavy atom. The second-order valence-electron chi connectivity index (χ2n) is 2.87. The third-order valence-electron chi connectivity index (χ3n) is 1.92. The van der Waals surface area contributed by atoms with Crippen molar-refractivity contribution < 1.29 is 0 Å². The second kappa shape index (κ2) is 3.28. The van der Waals surface area contributed by atoms with Crippen molar-refractivity contribution in [3.63, 3.8) is 0 Å². The Balaban J connectivity index is 2.84. The van der Waals surface area contributed by atoms with Gasteiger partial charge in [0, 0.05) is 15.5 Å². The van der Waals surface area contributed by atoms with E-state index < -0.39 is 0 Å². The molecule has 0 unspecified atom stereocenters. The molecule has 1 aromatic heterocycles. The third kappa shape index (κ3) is 1.42. The predicted octanol–water partition coefficient (Wildman–Crippen LogP) is 2.45. The molecule has 0 aliphatic rings. The minimum Gasteiger partial charge on any atom is -0.398 e. The molecule has 2 rings (SSSR count). The number of hydrogen-bond acceptors (Lipinski definition) is 3. The van der Waals surface area contributed by atoms with Gasteiger partial charge in [0.15, 0.2) is 0 Å². The first-order valence-corrected chi connectivity index (χ1v) is 4.76. The number of benzene rings is 1. The molecule has 1 aromatic carbocycles. The van der Waals surface area contributed by atoms with E-state index in [0.29, 0.717) is 11.4 Å². The summed E-state index contributed by atoms with van der Waals surface area (Å²) in [6.45, 7) is 0. The SMILES string of the molecule is N#Cc1cc(N)c2cc(Br)ccc2n1. The maximum atomic E-state index is 8.70. The Labute approximate surface area is 89.3 Å². The topological polar surface area (TPSA) is 62.7 Å². The lowest BCUT2D eigenvalue weighted by atomic mass is 10.1. The number of pyridine rings is 1. The number of hydrogen-bond donors (Lipinski definition) is 1. The van der Waals surface area contributed by atoms with Gasteiger partial charge in [-0.05, 0) is 24.3 Å². The van der Waals surface area contributed by atoms with E-state index in [1.165, 1.54) is 0 Å². The highest BCUT2D eigenvalue weighted by atomic mass is 79.9. The lowest BCUT2D eigenvalue weighted by molar-refractivity contribution is 1.32. The van der Waals surface area contributed by atoms with Crippen LogP contribution in [0.15, 0.2) is 28.7 Å². The first kappa shape index (κ1) is 8.97. The zero-order valence-electron chi connectivity index (χ0n) is 7.16. The van der Waals surface area contributed by atoms with Crippen LogP contribution in [0.5, 0.6) is 0 Å². The summed E-state index contributed by atoms with van der Waals surface area (Å²) < 4.78 is 0.947. The molecule has 2 N–H and O–H groups in total. The van der Waals surface area contributed by atoms with Gasteiger partial charge in [0.1, 0.15) is 11.8 Å². The molecule has 14 heavy (non-hydrogen) atoms. The van der Waals surface area contributed by atoms with Crippen molar-refractivity contribution in [2.24, 2.45) is 0 Å². The van der Waals surface area contributed by atoms with E-state index in [2.05, 4.69) is 20.9 Å². The average molecular weight is 248 g/mol. The van der Waals surface area contributed by atoms with Crippen molar-refractivity contribution in [2.75, 3.05) is 5.73 Å². The molecule has 0 atom stereocenters. The molecule has 3 nitrogen and oxygen atoms in total. The van der Waals surface area contributed by atoms with Gasteiger partial charge in [0.05, 0.1) is 5.52 Å². The molecule has 4 heteroatoms. The number of anilines is 1. The molecule has 0 spiro atoms. The van der Waals surface area contributed by atoms with Gasteiger partial charge < -0.3 is 5.73 Å². The Bertz CT molecular complexity index is 543. The molecule has 0 aliphatic heterocycles. The van der Waals surface area contributed by atoms with Crippen molar-refractivity contribution in [3.05, 3.63) is 34.4 Å². The Morgan fingerprint density at radius 1 is 1.36 bits per heavy atom. The van der Waals surface area contributed by atoms with Crippen LogP contribution in [0, 0.1) is 11.3 Å². The van der Waals surface area contributed by atoms with Gasteiger partial charge >= 0.3 is 0 Å². The summed E-state index contributed by atoms with van der Waals surface area (Å²) in [7, 11) is 0. The number of nitriles is 1. The number of halogens is 1. The molecule has 0 saturated heterocycles. The highest BCUT2D eigenvalue weighted by molar-refractivity contribution is 9.10. The molecule has 0 amide bonds. The zero-order valence-corrected chi connectivity index (χ0v) is 8.75. The van der Waals surface area contributed by atoms with Crippen LogP contribution in [0.3, 0.4) is 0 Å². The molecular formula is C10H6BrN3. The standard InChI is InChI=1S/C10H6BrN3/c11-6-1-2-10-8(3-6)9(13)4-7(5-12)14-10/h1-4H,(H2,13,14). The van der Waals surface area contributed by atoms with Crippen molar-refractivity contribution in [1.82, 2.24) is 4.98 Å². The van der Waals surface area contributed by atoms with E-state index in [1.54, 1.807) is 6.07 Å². The Hall–Kier alpha value is -1.60. The lowest BCUT2D eigenvalue weighted by Gasteiger charge is -2.02. The average Bonchev–Trinajstić information content (AvgIpc) is 2.19. The minimum atomic E-state index is 0.345. The number of rotatable bonds is 0. The van der Waals surface area contributed by atoms with Gasteiger partial charge in [-0.25, -0.2) is 4.98 Å². The van der Waals surface area contributed by atoms with E-state index in [0.717, 1.165) is 15.4 Å². The molecule has 0 bridgehead atoms. The number of nitrogens with zero attached hydrogens (tertiary/aromatic N) is 2. The maximum Gasteiger partial charge on any atom is 0.143 e. The Kier molecular flexibility index (Phi) is 2.10. The monoisotopic (exact) mass is 247 g/mol. The van der Waals surface area contributed by atoms with E-state index in [-0.39, 0.29) is 0 Å². The van der Waals surface area contributed by atoms with Crippen LogP contribution in [0.4, 0.5) is 5.69 Å². The Morgan fingerprint density at radius 2 is 2.14 bits per heavy atom. The van der Waals surface area contributed by atoms with Crippen LogP contribution in [-0.2, 0) is 0 Å². The summed E-state index contributed by atoms with van der Waals surface area (Å²) in [5, 5.41) is 9.56. The van der Waals surface area contributed by atoms with Crippen molar-refractivity contribution in [2.45, 2.75) is 0 Å². The quantitative estimate of drug-likeness (QED) is 0.778. The largest absolute Gasteiger partial charge is 0.398 e. The van der Waals surface area contributed by atoms with Gasteiger partial charge in [-0.15, -0.1) is 0 Å². The molecule has 1 heterocycles. The number of nitrogens with two attached hydrogens (primary N) is 1. The van der Waals surface area contributed by atoms with E-state index >= 15 is 0 Å². The molecule has 0 radical (unpaired) electrons. The van der Waals surface area contributed by atoms with Gasteiger partial charge in [0.2, 0.25) is 0 Å². The van der Waals surface area contributed by atoms with Crippen molar-refractivity contribution >= 4 is 32.5 Å². The van der Waals surface area contributed by atoms with Crippen LogP contribution < -0.4 is 5.73 Å². The van der Waals surface area contributed by atoms with E-state index in [1.807, 2.05) is 24.3 Å². The van der Waals surface area contributed by atoms with Crippen LogP contribution in [-0.4, -0.2) is 4.98 Å². The molecule has 0 aliphatic carbocycles. The van der Waals surface area contributed by atoms with Crippen molar-refractivity contribution in [1.29, 1.82) is 5.26 Å². The fraction of sp³-hybridized carbons (Fsp3) is 0. The summed E-state index contributed by atoms with van der Waals surface area (Å²) >= 11 is 3.35.